The number of nitrogens with one attached hydrogen (secondary N) is 1. The number of urea groups is 1. The highest BCUT2D eigenvalue weighted by atomic mass is 35.5. The molecule has 0 atom stereocenters. The lowest BCUT2D eigenvalue weighted by Gasteiger charge is -2.19. The lowest BCUT2D eigenvalue weighted by molar-refractivity contribution is 0.0962. The number of amides is 3. The average Bonchev–Trinajstić information content (AvgIpc) is 2.55. The highest BCUT2D eigenvalue weighted by molar-refractivity contribution is 7.82. The Morgan fingerprint density at radius 3 is 2.24 bits per heavy atom. The Morgan fingerprint density at radius 2 is 1.64 bits per heavy atom. The van der Waals surface area contributed by atoms with Crippen molar-refractivity contribution in [2.45, 2.75) is 0 Å². The molecule has 0 aliphatic carbocycles. The van der Waals surface area contributed by atoms with Crippen LogP contribution in [0, 0.1) is 5.82 Å². The molecule has 1 N–H and O–H groups in total. The third-order valence-electron chi connectivity index (χ3n) is 2.91. The highest BCUT2D eigenvalue weighted by Crippen LogP contribution is 2.42. The normalized spacial score (nSPS) is 10.5. The molecule has 11 heteroatoms. The van der Waals surface area contributed by atoms with Gasteiger partial charge < -0.3 is 0 Å². The number of hydrogen-bond donors (Lipinski definition) is 2. The first-order valence-electron chi connectivity index (χ1n) is 6.26. The van der Waals surface area contributed by atoms with Crippen molar-refractivity contribution in [1.82, 2.24) is 5.32 Å². The Morgan fingerprint density at radius 1 is 1.00 bits per heavy atom. The van der Waals surface area contributed by atoms with Gasteiger partial charge in [-0.2, -0.15) is 0 Å². The summed E-state index contributed by atoms with van der Waals surface area (Å²) in [4.78, 5) is 24.3. The molecule has 0 fully saturated rings. The van der Waals surface area contributed by atoms with Gasteiger partial charge in [0.25, 0.3) is 5.91 Å². The Hall–Kier alpha value is -0.890. The standard InChI is InChI=1S/C14H6Cl5FN2O2S/c15-5-2-1-3-7(20)9(5)13(23)21-14(24)22(25)8-4-6(16)10(17)12(19)11(8)18/h1-4,25H,(H,21,23,24). The van der Waals surface area contributed by atoms with Crippen LogP contribution in [0.5, 0.6) is 0 Å². The second-order valence-electron chi connectivity index (χ2n) is 4.49. The van der Waals surface area contributed by atoms with Crippen LogP contribution in [0.3, 0.4) is 0 Å². The molecule has 0 aromatic heterocycles. The number of carbonyl (C=O) groups is 2. The van der Waals surface area contributed by atoms with Gasteiger partial charge in [0.05, 0.1) is 36.4 Å². The van der Waals surface area contributed by atoms with Gasteiger partial charge in [-0.3, -0.25) is 10.1 Å². The lowest BCUT2D eigenvalue weighted by Crippen LogP contribution is -2.39. The number of thiol groups is 1. The minimum absolute atomic E-state index is 0.00607. The minimum Gasteiger partial charge on any atom is -0.273 e. The summed E-state index contributed by atoms with van der Waals surface area (Å²) in [6, 6.07) is 3.84. The van der Waals surface area contributed by atoms with Crippen molar-refractivity contribution in [3.8, 4) is 0 Å². The summed E-state index contributed by atoms with van der Waals surface area (Å²) in [6.45, 7) is 0. The second kappa shape index (κ2) is 8.20. The molecule has 25 heavy (non-hydrogen) atoms. The molecule has 0 saturated carbocycles. The maximum Gasteiger partial charge on any atom is 0.338 e. The maximum atomic E-state index is 13.7. The predicted octanol–water partition coefficient (Wildman–Crippen LogP) is 6.29. The first-order valence-corrected chi connectivity index (χ1v) is 8.55. The monoisotopic (exact) mass is 460 g/mol. The number of nitrogens with zero attached hydrogens (tertiary/aromatic N) is 1. The van der Waals surface area contributed by atoms with E-state index < -0.39 is 23.3 Å². The molecule has 2 aromatic carbocycles. The smallest absolute Gasteiger partial charge is 0.273 e. The summed E-state index contributed by atoms with van der Waals surface area (Å²) in [5.74, 6) is -1.95. The van der Waals surface area contributed by atoms with E-state index in [9.17, 15) is 14.0 Å². The largest absolute Gasteiger partial charge is 0.338 e. The summed E-state index contributed by atoms with van der Waals surface area (Å²) < 4.78 is 14.4. The summed E-state index contributed by atoms with van der Waals surface area (Å²) in [5, 5.41) is 1.57. The van der Waals surface area contributed by atoms with Gasteiger partial charge in [0, 0.05) is 0 Å². The van der Waals surface area contributed by atoms with Crippen LogP contribution < -0.4 is 9.62 Å². The van der Waals surface area contributed by atoms with Crippen LogP contribution >= 0.6 is 70.8 Å². The van der Waals surface area contributed by atoms with Gasteiger partial charge >= 0.3 is 6.03 Å². The number of imide groups is 1. The van der Waals surface area contributed by atoms with Gasteiger partial charge in [-0.05, 0) is 18.2 Å². The summed E-state index contributed by atoms with van der Waals surface area (Å²) in [7, 11) is 0. The maximum absolute atomic E-state index is 13.7. The van der Waals surface area contributed by atoms with E-state index in [-0.39, 0.29) is 30.8 Å². The number of benzene rings is 2. The average molecular weight is 463 g/mol. The number of carbonyl (C=O) groups excluding carboxylic acids is 2. The van der Waals surface area contributed by atoms with E-state index >= 15 is 0 Å². The zero-order chi connectivity index (χ0) is 18.9. The topological polar surface area (TPSA) is 49.4 Å². The van der Waals surface area contributed by atoms with Crippen LogP contribution in [0.25, 0.3) is 0 Å². The summed E-state index contributed by atoms with van der Waals surface area (Å²) >= 11 is 33.3. The van der Waals surface area contributed by atoms with Gasteiger partial charge in [-0.25, -0.2) is 13.5 Å². The van der Waals surface area contributed by atoms with E-state index in [0.29, 0.717) is 4.31 Å². The van der Waals surface area contributed by atoms with Crippen LogP contribution in [-0.2, 0) is 0 Å². The quantitative estimate of drug-likeness (QED) is 0.313. The van der Waals surface area contributed by atoms with Crippen LogP contribution in [0.2, 0.25) is 25.1 Å². The van der Waals surface area contributed by atoms with Crippen molar-refractivity contribution in [2.75, 3.05) is 4.31 Å². The summed E-state index contributed by atoms with van der Waals surface area (Å²) in [6.07, 6.45) is 0. The van der Waals surface area contributed by atoms with E-state index in [1.165, 1.54) is 18.2 Å². The molecule has 132 valence electrons. The fraction of sp³-hybridized carbons (Fsp3) is 0. The number of hydrogen-bond acceptors (Lipinski definition) is 3. The Kier molecular flexibility index (Phi) is 6.70. The molecule has 0 unspecified atom stereocenters. The molecule has 2 aromatic rings. The van der Waals surface area contributed by atoms with Crippen molar-refractivity contribution in [3.63, 3.8) is 0 Å². The van der Waals surface area contributed by atoms with E-state index in [0.717, 1.165) is 6.07 Å². The highest BCUT2D eigenvalue weighted by Gasteiger charge is 2.24. The van der Waals surface area contributed by atoms with Crippen molar-refractivity contribution in [1.29, 1.82) is 0 Å². The molecule has 3 amide bonds. The molecule has 0 spiro atoms. The lowest BCUT2D eigenvalue weighted by atomic mass is 10.2. The van der Waals surface area contributed by atoms with Crippen molar-refractivity contribution in [3.05, 3.63) is 60.8 Å². The first-order chi connectivity index (χ1) is 11.6. The Balaban J connectivity index is 2.29. The molecule has 2 rings (SSSR count). The van der Waals surface area contributed by atoms with E-state index in [1.54, 1.807) is 0 Å². The molecule has 0 heterocycles. The van der Waals surface area contributed by atoms with Crippen LogP contribution in [-0.4, -0.2) is 11.9 Å². The van der Waals surface area contributed by atoms with Crippen molar-refractivity contribution in [2.24, 2.45) is 0 Å². The minimum atomic E-state index is -1.06. The van der Waals surface area contributed by atoms with E-state index in [4.69, 9.17) is 58.0 Å². The number of anilines is 1. The zero-order valence-electron chi connectivity index (χ0n) is 11.8. The molecule has 0 saturated heterocycles. The van der Waals surface area contributed by atoms with Gasteiger partial charge in [-0.15, -0.1) is 0 Å². The van der Waals surface area contributed by atoms with Crippen LogP contribution in [0.4, 0.5) is 14.9 Å². The second-order valence-corrected chi connectivity index (χ2v) is 6.84. The van der Waals surface area contributed by atoms with Gasteiger partial charge in [0.2, 0.25) is 0 Å². The van der Waals surface area contributed by atoms with Crippen LogP contribution in [0.1, 0.15) is 10.4 Å². The molecule has 0 radical (unpaired) electrons. The SMILES string of the molecule is O=C(NC(=O)N(S)c1cc(Cl)c(Cl)c(Cl)c1Cl)c1c(F)cccc1Cl. The Labute approximate surface area is 172 Å². The van der Waals surface area contributed by atoms with Gasteiger partial charge in [-0.1, -0.05) is 76.9 Å². The predicted molar refractivity (Wildman–Crippen MR) is 102 cm³/mol. The van der Waals surface area contributed by atoms with Gasteiger partial charge in [0.15, 0.2) is 0 Å². The number of rotatable bonds is 2. The molecule has 0 aliphatic heterocycles. The van der Waals surface area contributed by atoms with E-state index in [1.807, 2.05) is 5.32 Å². The number of halogens is 6. The molecule has 0 aliphatic rings. The van der Waals surface area contributed by atoms with E-state index in [2.05, 4.69) is 12.8 Å². The summed E-state index contributed by atoms with van der Waals surface area (Å²) in [5.41, 5.74) is -0.521. The molecule has 4 nitrogen and oxygen atoms in total. The fourth-order valence-corrected chi connectivity index (χ4v) is 3.14. The first kappa shape index (κ1) is 20.4. The molecular formula is C14H6Cl5FN2O2S. The third-order valence-corrected chi connectivity index (χ3v) is 5.37. The van der Waals surface area contributed by atoms with Crippen LogP contribution in [0.15, 0.2) is 24.3 Å². The van der Waals surface area contributed by atoms with Crippen molar-refractivity contribution >= 4 is 88.4 Å². The molecule has 0 bridgehead atoms. The van der Waals surface area contributed by atoms with Crippen molar-refractivity contribution < 1.29 is 14.0 Å². The third kappa shape index (κ3) is 4.27. The Bertz CT molecular complexity index is 861. The fourth-order valence-electron chi connectivity index (χ4n) is 1.75. The van der Waals surface area contributed by atoms with Gasteiger partial charge in [0.1, 0.15) is 5.82 Å². The zero-order valence-corrected chi connectivity index (χ0v) is 16.5. The molecular weight excluding hydrogens is 456 g/mol.